The molecule has 0 unspecified atom stereocenters. The molecule has 0 bridgehead atoms. The first-order valence-corrected chi connectivity index (χ1v) is 5.02. The van der Waals surface area contributed by atoms with Crippen molar-refractivity contribution in [1.82, 2.24) is 0 Å². The predicted molar refractivity (Wildman–Crippen MR) is 55.7 cm³/mol. The van der Waals surface area contributed by atoms with E-state index in [-0.39, 0.29) is 5.54 Å². The Labute approximate surface area is 80.0 Å². The first-order valence-electron chi connectivity index (χ1n) is 5.02. The van der Waals surface area contributed by atoms with Crippen LogP contribution in [0.5, 0.6) is 0 Å². The van der Waals surface area contributed by atoms with E-state index in [9.17, 15) is 0 Å². The molecule has 0 amide bonds. The first-order chi connectivity index (χ1) is 6.18. The minimum atomic E-state index is 0.120. The van der Waals surface area contributed by atoms with Crippen LogP contribution in [-0.2, 0) is 6.42 Å². The smallest absolute Gasteiger partial charge is 0.0195 e. The van der Waals surface area contributed by atoms with E-state index in [0.717, 1.165) is 6.42 Å². The lowest BCUT2D eigenvalue weighted by Gasteiger charge is -2.38. The molecule has 1 heteroatoms. The molecule has 13 heavy (non-hydrogen) atoms. The monoisotopic (exact) mass is 175 g/mol. The Hall–Kier alpha value is -0.820. The van der Waals surface area contributed by atoms with Crippen LogP contribution in [0.2, 0.25) is 0 Å². The molecule has 0 saturated heterocycles. The maximum absolute atomic E-state index is 6.17. The third-order valence-corrected chi connectivity index (χ3v) is 3.03. The summed E-state index contributed by atoms with van der Waals surface area (Å²) in [5.74, 6) is 0. The highest BCUT2D eigenvalue weighted by molar-refractivity contribution is 5.23. The van der Waals surface area contributed by atoms with Gasteiger partial charge in [0, 0.05) is 5.54 Å². The summed E-state index contributed by atoms with van der Waals surface area (Å²) in [5.41, 5.74) is 9.00. The van der Waals surface area contributed by atoms with Crippen LogP contribution in [0.3, 0.4) is 0 Å². The van der Waals surface area contributed by atoms with Gasteiger partial charge in [-0.2, -0.15) is 0 Å². The summed E-state index contributed by atoms with van der Waals surface area (Å²) in [7, 11) is 0. The average molecular weight is 175 g/mol. The van der Waals surface area contributed by atoms with Crippen molar-refractivity contribution in [3.8, 4) is 0 Å². The SMILES string of the molecule is Cc1ccc(CC2(N)CCC2)cc1. The minimum Gasteiger partial charge on any atom is -0.325 e. The quantitative estimate of drug-likeness (QED) is 0.734. The molecule has 0 spiro atoms. The third kappa shape index (κ3) is 1.92. The summed E-state index contributed by atoms with van der Waals surface area (Å²) < 4.78 is 0. The molecular weight excluding hydrogens is 158 g/mol. The van der Waals surface area contributed by atoms with E-state index in [2.05, 4.69) is 31.2 Å². The van der Waals surface area contributed by atoms with Crippen LogP contribution in [0.25, 0.3) is 0 Å². The second-order valence-electron chi connectivity index (χ2n) is 4.38. The zero-order valence-corrected chi connectivity index (χ0v) is 8.22. The first kappa shape index (κ1) is 8.76. The molecule has 1 aromatic rings. The fourth-order valence-corrected chi connectivity index (χ4v) is 1.92. The molecule has 2 N–H and O–H groups in total. The van der Waals surface area contributed by atoms with Gasteiger partial charge in [-0.05, 0) is 38.2 Å². The Balaban J connectivity index is 2.05. The lowest BCUT2D eigenvalue weighted by Crippen LogP contribution is -2.48. The highest BCUT2D eigenvalue weighted by atomic mass is 14.8. The Kier molecular flexibility index (Phi) is 2.12. The number of nitrogens with two attached hydrogens (primary N) is 1. The summed E-state index contributed by atoms with van der Waals surface area (Å²) in [6.07, 6.45) is 4.75. The molecule has 1 aromatic carbocycles. The van der Waals surface area contributed by atoms with E-state index in [1.165, 1.54) is 30.4 Å². The van der Waals surface area contributed by atoms with Crippen LogP contribution in [0.15, 0.2) is 24.3 Å². The summed E-state index contributed by atoms with van der Waals surface area (Å²) >= 11 is 0. The molecule has 70 valence electrons. The number of benzene rings is 1. The van der Waals surface area contributed by atoms with Crippen LogP contribution in [-0.4, -0.2) is 5.54 Å². The van der Waals surface area contributed by atoms with Crippen molar-refractivity contribution in [2.75, 3.05) is 0 Å². The van der Waals surface area contributed by atoms with Gasteiger partial charge in [0.25, 0.3) is 0 Å². The van der Waals surface area contributed by atoms with Crippen LogP contribution >= 0.6 is 0 Å². The molecule has 2 rings (SSSR count). The Bertz CT molecular complexity index is 282. The van der Waals surface area contributed by atoms with E-state index in [4.69, 9.17) is 5.73 Å². The molecule has 1 saturated carbocycles. The van der Waals surface area contributed by atoms with Gasteiger partial charge in [-0.25, -0.2) is 0 Å². The second-order valence-corrected chi connectivity index (χ2v) is 4.38. The standard InChI is InChI=1S/C12H17N/c1-10-3-5-11(6-4-10)9-12(13)7-2-8-12/h3-6H,2,7-9,13H2,1H3. The molecule has 1 fully saturated rings. The third-order valence-electron chi connectivity index (χ3n) is 3.03. The van der Waals surface area contributed by atoms with Gasteiger partial charge in [-0.3, -0.25) is 0 Å². The van der Waals surface area contributed by atoms with Crippen molar-refractivity contribution in [3.05, 3.63) is 35.4 Å². The van der Waals surface area contributed by atoms with E-state index in [1.54, 1.807) is 0 Å². The fourth-order valence-electron chi connectivity index (χ4n) is 1.92. The van der Waals surface area contributed by atoms with Gasteiger partial charge in [-0.1, -0.05) is 29.8 Å². The van der Waals surface area contributed by atoms with Gasteiger partial charge >= 0.3 is 0 Å². The molecule has 1 aliphatic rings. The van der Waals surface area contributed by atoms with Crippen LogP contribution < -0.4 is 5.73 Å². The number of hydrogen-bond donors (Lipinski definition) is 1. The molecule has 0 atom stereocenters. The Morgan fingerprint density at radius 1 is 1.23 bits per heavy atom. The van der Waals surface area contributed by atoms with Gasteiger partial charge in [0.2, 0.25) is 0 Å². The lowest BCUT2D eigenvalue weighted by molar-refractivity contribution is 0.247. The van der Waals surface area contributed by atoms with Crippen molar-refractivity contribution >= 4 is 0 Å². The average Bonchev–Trinajstić information content (AvgIpc) is 2.06. The van der Waals surface area contributed by atoms with E-state index in [0.29, 0.717) is 0 Å². The Morgan fingerprint density at radius 3 is 2.31 bits per heavy atom. The molecule has 0 aromatic heterocycles. The molecule has 0 aliphatic heterocycles. The molecule has 1 aliphatic carbocycles. The molecule has 1 nitrogen and oxygen atoms in total. The largest absolute Gasteiger partial charge is 0.325 e. The van der Waals surface area contributed by atoms with Gasteiger partial charge in [0.1, 0.15) is 0 Å². The van der Waals surface area contributed by atoms with E-state index >= 15 is 0 Å². The summed E-state index contributed by atoms with van der Waals surface area (Å²) in [6, 6.07) is 8.72. The topological polar surface area (TPSA) is 26.0 Å². The zero-order valence-electron chi connectivity index (χ0n) is 8.22. The Morgan fingerprint density at radius 2 is 1.85 bits per heavy atom. The molecule has 0 heterocycles. The predicted octanol–water partition coefficient (Wildman–Crippen LogP) is 2.42. The van der Waals surface area contributed by atoms with Crippen molar-refractivity contribution in [3.63, 3.8) is 0 Å². The normalized spacial score (nSPS) is 19.5. The maximum atomic E-state index is 6.17. The minimum absolute atomic E-state index is 0.120. The van der Waals surface area contributed by atoms with Gasteiger partial charge in [0.15, 0.2) is 0 Å². The van der Waals surface area contributed by atoms with Crippen molar-refractivity contribution in [2.45, 2.75) is 38.1 Å². The maximum Gasteiger partial charge on any atom is 0.0195 e. The van der Waals surface area contributed by atoms with Crippen molar-refractivity contribution in [2.24, 2.45) is 5.73 Å². The van der Waals surface area contributed by atoms with Crippen LogP contribution in [0.1, 0.15) is 30.4 Å². The number of aryl methyl sites for hydroxylation is 1. The van der Waals surface area contributed by atoms with Crippen LogP contribution in [0.4, 0.5) is 0 Å². The highest BCUT2D eigenvalue weighted by Gasteiger charge is 2.32. The van der Waals surface area contributed by atoms with E-state index < -0.39 is 0 Å². The van der Waals surface area contributed by atoms with Gasteiger partial charge < -0.3 is 5.73 Å². The summed E-state index contributed by atoms with van der Waals surface area (Å²) in [4.78, 5) is 0. The van der Waals surface area contributed by atoms with Crippen LogP contribution in [0, 0.1) is 6.92 Å². The van der Waals surface area contributed by atoms with Crippen molar-refractivity contribution in [1.29, 1.82) is 0 Å². The highest BCUT2D eigenvalue weighted by Crippen LogP contribution is 2.32. The van der Waals surface area contributed by atoms with Gasteiger partial charge in [-0.15, -0.1) is 0 Å². The fraction of sp³-hybridized carbons (Fsp3) is 0.500. The zero-order chi connectivity index (χ0) is 9.31. The number of rotatable bonds is 2. The summed E-state index contributed by atoms with van der Waals surface area (Å²) in [5, 5.41) is 0. The molecular formula is C12H17N. The lowest BCUT2D eigenvalue weighted by atomic mass is 9.74. The van der Waals surface area contributed by atoms with Crippen molar-refractivity contribution < 1.29 is 0 Å². The second kappa shape index (κ2) is 3.15. The van der Waals surface area contributed by atoms with Gasteiger partial charge in [0.05, 0.1) is 0 Å². The molecule has 0 radical (unpaired) electrons. The number of hydrogen-bond acceptors (Lipinski definition) is 1. The van der Waals surface area contributed by atoms with E-state index in [1.807, 2.05) is 0 Å². The summed E-state index contributed by atoms with van der Waals surface area (Å²) in [6.45, 7) is 2.12.